The largest absolute Gasteiger partial charge is 0.480 e. The number of halogens is 2. The SMILES string of the molecule is COC(=O)C1CC(C(=O)O)Nc2cc(Br)cc(Br)c21. The Morgan fingerprint density at radius 3 is 2.68 bits per heavy atom. The van der Waals surface area contributed by atoms with Gasteiger partial charge in [-0.3, -0.25) is 4.79 Å². The third-order valence-electron chi connectivity index (χ3n) is 3.03. The van der Waals surface area contributed by atoms with Crippen LogP contribution in [-0.4, -0.2) is 30.2 Å². The zero-order valence-electron chi connectivity index (χ0n) is 9.94. The van der Waals surface area contributed by atoms with E-state index in [1.807, 2.05) is 6.07 Å². The summed E-state index contributed by atoms with van der Waals surface area (Å²) >= 11 is 6.74. The Hall–Kier alpha value is -1.08. The van der Waals surface area contributed by atoms with E-state index >= 15 is 0 Å². The fourth-order valence-corrected chi connectivity index (χ4v) is 3.68. The Balaban J connectivity index is 2.53. The predicted molar refractivity (Wildman–Crippen MR) is 76.3 cm³/mol. The van der Waals surface area contributed by atoms with Crippen LogP contribution in [0, 0.1) is 0 Å². The third-order valence-corrected chi connectivity index (χ3v) is 4.14. The second kappa shape index (κ2) is 5.50. The summed E-state index contributed by atoms with van der Waals surface area (Å²) in [5, 5.41) is 12.1. The molecule has 1 aliphatic rings. The molecule has 1 aromatic rings. The number of carboxylic acid groups (broad SMARTS) is 1. The van der Waals surface area contributed by atoms with Crippen molar-refractivity contribution < 1.29 is 19.4 Å². The van der Waals surface area contributed by atoms with Gasteiger partial charge in [0, 0.05) is 20.2 Å². The Labute approximate surface area is 126 Å². The fraction of sp³-hybridized carbons (Fsp3) is 0.333. The molecule has 0 fully saturated rings. The Morgan fingerprint density at radius 2 is 2.11 bits per heavy atom. The number of rotatable bonds is 2. The molecule has 5 nitrogen and oxygen atoms in total. The summed E-state index contributed by atoms with van der Waals surface area (Å²) in [6.07, 6.45) is 0.162. The minimum Gasteiger partial charge on any atom is -0.480 e. The zero-order valence-corrected chi connectivity index (χ0v) is 13.1. The molecule has 0 saturated carbocycles. The number of benzene rings is 1. The van der Waals surface area contributed by atoms with Crippen LogP contribution < -0.4 is 5.32 Å². The highest BCUT2D eigenvalue weighted by molar-refractivity contribution is 9.11. The third kappa shape index (κ3) is 2.76. The number of nitrogens with one attached hydrogen (secondary N) is 1. The number of carboxylic acids is 1. The van der Waals surface area contributed by atoms with Crippen molar-refractivity contribution in [3.05, 3.63) is 26.6 Å². The molecule has 0 amide bonds. The van der Waals surface area contributed by atoms with Crippen LogP contribution >= 0.6 is 31.9 Å². The van der Waals surface area contributed by atoms with Crippen molar-refractivity contribution in [1.82, 2.24) is 0 Å². The van der Waals surface area contributed by atoms with Gasteiger partial charge in [-0.05, 0) is 18.6 Å². The van der Waals surface area contributed by atoms with E-state index in [-0.39, 0.29) is 6.42 Å². The highest BCUT2D eigenvalue weighted by Gasteiger charge is 2.36. The number of esters is 1. The molecule has 0 radical (unpaired) electrons. The lowest BCUT2D eigenvalue weighted by molar-refractivity contribution is -0.143. The average molecular weight is 393 g/mol. The number of methoxy groups -OCH3 is 1. The van der Waals surface area contributed by atoms with Gasteiger partial charge in [-0.15, -0.1) is 0 Å². The van der Waals surface area contributed by atoms with Crippen LogP contribution in [-0.2, 0) is 14.3 Å². The normalized spacial score (nSPS) is 21.2. The Bertz CT molecular complexity index is 547. The highest BCUT2D eigenvalue weighted by Crippen LogP contribution is 2.41. The first kappa shape index (κ1) is 14.3. The molecule has 7 heteroatoms. The maximum atomic E-state index is 11.9. The second-order valence-electron chi connectivity index (χ2n) is 4.20. The van der Waals surface area contributed by atoms with E-state index in [9.17, 15) is 9.59 Å². The van der Waals surface area contributed by atoms with Crippen molar-refractivity contribution in [2.24, 2.45) is 0 Å². The summed E-state index contributed by atoms with van der Waals surface area (Å²) in [5.41, 5.74) is 1.35. The number of hydrogen-bond acceptors (Lipinski definition) is 4. The van der Waals surface area contributed by atoms with E-state index < -0.39 is 23.9 Å². The minimum absolute atomic E-state index is 0.162. The molecule has 2 N–H and O–H groups in total. The van der Waals surface area contributed by atoms with Gasteiger partial charge in [0.1, 0.15) is 6.04 Å². The van der Waals surface area contributed by atoms with Crippen LogP contribution in [0.3, 0.4) is 0 Å². The number of anilines is 1. The maximum Gasteiger partial charge on any atom is 0.326 e. The summed E-state index contributed by atoms with van der Waals surface area (Å²) in [4.78, 5) is 23.0. The van der Waals surface area contributed by atoms with Crippen molar-refractivity contribution in [3.63, 3.8) is 0 Å². The summed E-state index contributed by atoms with van der Waals surface area (Å²) in [6, 6.07) is 2.76. The number of fused-ring (bicyclic) bond motifs is 1. The molecule has 1 aromatic carbocycles. The van der Waals surface area contributed by atoms with Gasteiger partial charge >= 0.3 is 11.9 Å². The first-order chi connectivity index (χ1) is 8.93. The smallest absolute Gasteiger partial charge is 0.326 e. The zero-order chi connectivity index (χ0) is 14.2. The van der Waals surface area contributed by atoms with Gasteiger partial charge < -0.3 is 15.2 Å². The molecule has 102 valence electrons. The van der Waals surface area contributed by atoms with Crippen LogP contribution in [0.5, 0.6) is 0 Å². The predicted octanol–water partition coefficient (Wildman–Crippen LogP) is 2.74. The first-order valence-electron chi connectivity index (χ1n) is 5.50. The lowest BCUT2D eigenvalue weighted by atomic mass is 9.87. The van der Waals surface area contributed by atoms with Crippen LogP contribution in [0.25, 0.3) is 0 Å². The second-order valence-corrected chi connectivity index (χ2v) is 5.97. The molecule has 2 unspecified atom stereocenters. The molecule has 1 aliphatic heterocycles. The van der Waals surface area contributed by atoms with Crippen LogP contribution in [0.2, 0.25) is 0 Å². The minimum atomic E-state index is -0.990. The van der Waals surface area contributed by atoms with Gasteiger partial charge in [-0.2, -0.15) is 0 Å². The molecule has 19 heavy (non-hydrogen) atoms. The monoisotopic (exact) mass is 391 g/mol. The van der Waals surface area contributed by atoms with E-state index in [1.54, 1.807) is 6.07 Å². The Morgan fingerprint density at radius 1 is 1.42 bits per heavy atom. The molecule has 0 bridgehead atoms. The van der Waals surface area contributed by atoms with E-state index in [0.717, 1.165) is 14.5 Å². The highest BCUT2D eigenvalue weighted by atomic mass is 79.9. The molecule has 1 heterocycles. The topological polar surface area (TPSA) is 75.6 Å². The molecular formula is C12H11Br2NO4. The van der Waals surface area contributed by atoms with Gasteiger partial charge in [-0.1, -0.05) is 31.9 Å². The number of ether oxygens (including phenoxy) is 1. The number of hydrogen-bond donors (Lipinski definition) is 2. The van der Waals surface area contributed by atoms with Gasteiger partial charge in [0.05, 0.1) is 13.0 Å². The molecule has 0 aliphatic carbocycles. The van der Waals surface area contributed by atoms with Crippen molar-refractivity contribution >= 4 is 49.5 Å². The van der Waals surface area contributed by atoms with E-state index in [2.05, 4.69) is 37.2 Å². The average Bonchev–Trinajstić information content (AvgIpc) is 2.35. The fourth-order valence-electron chi connectivity index (χ4n) is 2.18. The van der Waals surface area contributed by atoms with Gasteiger partial charge in [0.15, 0.2) is 0 Å². The van der Waals surface area contributed by atoms with Gasteiger partial charge in [0.2, 0.25) is 0 Å². The molecule has 2 rings (SSSR count). The van der Waals surface area contributed by atoms with E-state index in [0.29, 0.717) is 5.69 Å². The lowest BCUT2D eigenvalue weighted by Crippen LogP contribution is -2.37. The van der Waals surface area contributed by atoms with Crippen LogP contribution in [0.4, 0.5) is 5.69 Å². The molecular weight excluding hydrogens is 382 g/mol. The molecule has 0 saturated heterocycles. The summed E-state index contributed by atoms with van der Waals surface area (Å²) < 4.78 is 6.30. The lowest BCUT2D eigenvalue weighted by Gasteiger charge is -2.30. The van der Waals surface area contributed by atoms with Gasteiger partial charge in [0.25, 0.3) is 0 Å². The summed E-state index contributed by atoms with van der Waals surface area (Å²) in [5.74, 6) is -2.02. The van der Waals surface area contributed by atoms with E-state index in [1.165, 1.54) is 7.11 Å². The number of aliphatic carboxylic acids is 1. The van der Waals surface area contributed by atoms with Crippen LogP contribution in [0.1, 0.15) is 17.9 Å². The molecule has 0 spiro atoms. The van der Waals surface area contributed by atoms with Gasteiger partial charge in [-0.25, -0.2) is 4.79 Å². The summed E-state index contributed by atoms with van der Waals surface area (Å²) in [6.45, 7) is 0. The number of carbonyl (C=O) groups excluding carboxylic acids is 1. The van der Waals surface area contributed by atoms with Crippen LogP contribution in [0.15, 0.2) is 21.1 Å². The van der Waals surface area contributed by atoms with Crippen molar-refractivity contribution in [2.45, 2.75) is 18.4 Å². The molecule has 2 atom stereocenters. The van der Waals surface area contributed by atoms with Crippen molar-refractivity contribution in [1.29, 1.82) is 0 Å². The van der Waals surface area contributed by atoms with Crippen molar-refractivity contribution in [3.8, 4) is 0 Å². The summed E-state index contributed by atoms with van der Waals surface area (Å²) in [7, 11) is 1.30. The first-order valence-corrected chi connectivity index (χ1v) is 7.08. The maximum absolute atomic E-state index is 11.9. The van der Waals surface area contributed by atoms with E-state index in [4.69, 9.17) is 9.84 Å². The number of carbonyl (C=O) groups is 2. The molecule has 0 aromatic heterocycles. The van der Waals surface area contributed by atoms with Crippen molar-refractivity contribution in [2.75, 3.05) is 12.4 Å². The Kier molecular flexibility index (Phi) is 4.15. The quantitative estimate of drug-likeness (QED) is 0.757. The standard InChI is InChI=1S/C12H11Br2NO4/c1-19-12(18)6-4-9(11(16)17)15-8-3-5(13)2-7(14)10(6)8/h2-3,6,9,15H,4H2,1H3,(H,16,17).